The van der Waals surface area contributed by atoms with Gasteiger partial charge in [0.2, 0.25) is 5.96 Å². The Hall–Kier alpha value is -3.55. The van der Waals surface area contributed by atoms with Crippen LogP contribution >= 0.6 is 0 Å². The number of ether oxygens (including phenoxy) is 2. The van der Waals surface area contributed by atoms with Crippen LogP contribution in [0.25, 0.3) is 11.1 Å². The number of hydrogen-bond acceptors (Lipinski definition) is 6. The zero-order valence-electron chi connectivity index (χ0n) is 16.1. The number of nitrogens with zero attached hydrogens (tertiary/aromatic N) is 2. The van der Waals surface area contributed by atoms with Crippen molar-refractivity contribution < 1.29 is 18.7 Å². The topological polar surface area (TPSA) is 89.2 Å². The third-order valence-electron chi connectivity index (χ3n) is 5.13. The summed E-state index contributed by atoms with van der Waals surface area (Å²) in [6.45, 7) is 0.525. The van der Waals surface area contributed by atoms with E-state index in [1.807, 2.05) is 6.07 Å². The Kier molecular flexibility index (Phi) is 4.84. The fourth-order valence-electron chi connectivity index (χ4n) is 3.75. The van der Waals surface area contributed by atoms with Crippen LogP contribution in [-0.2, 0) is 4.79 Å². The van der Waals surface area contributed by atoms with E-state index in [2.05, 4.69) is 10.3 Å². The van der Waals surface area contributed by atoms with E-state index in [-0.39, 0.29) is 23.7 Å². The number of nitrogens with two attached hydrogens (primary N) is 1. The molecule has 2 aliphatic rings. The molecule has 7 nitrogen and oxygen atoms in total. The largest absolute Gasteiger partial charge is 0.493 e. The first-order valence-electron chi connectivity index (χ1n) is 9.16. The molecule has 2 aromatic carbocycles. The smallest absolute Gasteiger partial charge is 0.250 e. The second kappa shape index (κ2) is 7.46. The summed E-state index contributed by atoms with van der Waals surface area (Å²) in [5.74, 6) is 0.794. The van der Waals surface area contributed by atoms with E-state index >= 15 is 0 Å². The number of carbonyl (C=O) groups excluding carboxylic acids is 1. The number of rotatable bonds is 4. The van der Waals surface area contributed by atoms with Gasteiger partial charge in [-0.15, -0.1) is 0 Å². The monoisotopic (exact) mass is 396 g/mol. The quantitative estimate of drug-likeness (QED) is 0.829. The van der Waals surface area contributed by atoms with Crippen LogP contribution in [0, 0.1) is 5.82 Å². The zero-order chi connectivity index (χ0) is 20.5. The maximum atomic E-state index is 14.2. The normalized spacial score (nSPS) is 18.4. The van der Waals surface area contributed by atoms with E-state index in [9.17, 15) is 9.18 Å². The van der Waals surface area contributed by atoms with Crippen molar-refractivity contribution in [1.29, 1.82) is 0 Å². The molecule has 150 valence electrons. The second-order valence-corrected chi connectivity index (χ2v) is 6.73. The number of hydrogen-bond donors (Lipinski definition) is 2. The molecule has 1 atom stereocenters. The Balaban J connectivity index is 1.85. The van der Waals surface area contributed by atoms with Crippen LogP contribution in [0.2, 0.25) is 0 Å². The first kappa shape index (κ1) is 18.8. The van der Waals surface area contributed by atoms with Crippen molar-refractivity contribution >= 4 is 17.6 Å². The van der Waals surface area contributed by atoms with Crippen molar-refractivity contribution in [2.24, 2.45) is 10.7 Å². The summed E-state index contributed by atoms with van der Waals surface area (Å²) in [6.07, 6.45) is 2.17. The molecular weight excluding hydrogens is 375 g/mol. The molecule has 2 aromatic rings. The summed E-state index contributed by atoms with van der Waals surface area (Å²) in [7, 11) is 3.10. The highest BCUT2D eigenvalue weighted by molar-refractivity contribution is 6.06. The number of guanidine groups is 1. The van der Waals surface area contributed by atoms with E-state index in [4.69, 9.17) is 15.2 Å². The lowest BCUT2D eigenvalue weighted by Crippen LogP contribution is -2.54. The highest BCUT2D eigenvalue weighted by atomic mass is 19.1. The Morgan fingerprint density at radius 2 is 1.97 bits per heavy atom. The van der Waals surface area contributed by atoms with Crippen LogP contribution in [-0.4, -0.2) is 38.7 Å². The van der Waals surface area contributed by atoms with Crippen molar-refractivity contribution in [3.63, 3.8) is 0 Å². The maximum Gasteiger partial charge on any atom is 0.250 e. The number of nitrogens with one attached hydrogen (secondary N) is 1. The van der Waals surface area contributed by atoms with E-state index in [0.717, 1.165) is 5.56 Å². The third kappa shape index (κ3) is 3.26. The van der Waals surface area contributed by atoms with Crippen LogP contribution in [0.3, 0.4) is 0 Å². The molecule has 29 heavy (non-hydrogen) atoms. The number of halogens is 1. The lowest BCUT2D eigenvalue weighted by atomic mass is 9.94. The molecular formula is C21H21FN4O3. The van der Waals surface area contributed by atoms with Gasteiger partial charge in [-0.25, -0.2) is 9.38 Å². The van der Waals surface area contributed by atoms with Gasteiger partial charge in [-0.2, -0.15) is 0 Å². The lowest BCUT2D eigenvalue weighted by molar-refractivity contribution is -0.118. The Morgan fingerprint density at radius 3 is 2.72 bits per heavy atom. The summed E-state index contributed by atoms with van der Waals surface area (Å²) in [6, 6.07) is 9.54. The molecule has 2 aliphatic heterocycles. The van der Waals surface area contributed by atoms with E-state index < -0.39 is 0 Å². The van der Waals surface area contributed by atoms with Crippen molar-refractivity contribution in [1.82, 2.24) is 5.32 Å². The number of amides is 1. The SMILES string of the molecule is COc1ccc(-c2cc(F)ccc2N2C(N)=NC=C3C(=O)NCC[C@H]32)cc1OC. The summed E-state index contributed by atoms with van der Waals surface area (Å²) in [4.78, 5) is 18.3. The van der Waals surface area contributed by atoms with Crippen LogP contribution < -0.4 is 25.4 Å². The summed E-state index contributed by atoms with van der Waals surface area (Å²) in [5.41, 5.74) is 8.74. The predicted octanol–water partition coefficient (Wildman–Crippen LogP) is 2.42. The molecule has 1 amide bonds. The minimum atomic E-state index is -0.386. The van der Waals surface area contributed by atoms with Gasteiger partial charge in [0.25, 0.3) is 5.91 Å². The molecule has 0 unspecified atom stereocenters. The first-order valence-corrected chi connectivity index (χ1v) is 9.16. The second-order valence-electron chi connectivity index (χ2n) is 6.73. The van der Waals surface area contributed by atoms with Gasteiger partial charge < -0.3 is 25.4 Å². The van der Waals surface area contributed by atoms with Crippen LogP contribution in [0.1, 0.15) is 6.42 Å². The van der Waals surface area contributed by atoms with Gasteiger partial charge in [0, 0.05) is 18.3 Å². The van der Waals surface area contributed by atoms with Crippen molar-refractivity contribution in [3.8, 4) is 22.6 Å². The fraction of sp³-hybridized carbons (Fsp3) is 0.238. The molecule has 3 N–H and O–H groups in total. The van der Waals surface area contributed by atoms with Gasteiger partial charge >= 0.3 is 0 Å². The molecule has 0 bridgehead atoms. The minimum Gasteiger partial charge on any atom is -0.493 e. The summed E-state index contributed by atoms with van der Waals surface area (Å²) < 4.78 is 24.9. The molecule has 0 saturated carbocycles. The van der Waals surface area contributed by atoms with Gasteiger partial charge in [0.15, 0.2) is 11.5 Å². The Morgan fingerprint density at radius 1 is 1.17 bits per heavy atom. The first-order chi connectivity index (χ1) is 14.0. The number of fused-ring (bicyclic) bond motifs is 1. The molecule has 0 spiro atoms. The number of carbonyl (C=O) groups is 1. The highest BCUT2D eigenvalue weighted by Gasteiger charge is 2.36. The highest BCUT2D eigenvalue weighted by Crippen LogP contribution is 2.39. The lowest BCUT2D eigenvalue weighted by Gasteiger charge is -2.39. The molecule has 4 rings (SSSR count). The van der Waals surface area contributed by atoms with Gasteiger partial charge in [0.1, 0.15) is 5.82 Å². The average molecular weight is 396 g/mol. The minimum absolute atomic E-state index is 0.169. The fourth-order valence-corrected chi connectivity index (χ4v) is 3.75. The van der Waals surface area contributed by atoms with Crippen LogP contribution in [0.15, 0.2) is 53.2 Å². The number of methoxy groups -OCH3 is 2. The average Bonchev–Trinajstić information content (AvgIpc) is 2.73. The molecule has 1 fully saturated rings. The van der Waals surface area contributed by atoms with Gasteiger partial charge in [-0.1, -0.05) is 6.07 Å². The van der Waals surface area contributed by atoms with E-state index in [1.165, 1.54) is 18.3 Å². The van der Waals surface area contributed by atoms with Gasteiger partial charge in [-0.3, -0.25) is 4.79 Å². The Labute approximate surface area is 167 Å². The number of aliphatic imine (C=N–C) groups is 1. The number of benzene rings is 2. The molecule has 1 saturated heterocycles. The molecule has 0 aliphatic carbocycles. The number of piperidine rings is 1. The number of anilines is 1. The summed E-state index contributed by atoms with van der Waals surface area (Å²) in [5, 5.41) is 2.82. The molecule has 0 aromatic heterocycles. The summed E-state index contributed by atoms with van der Waals surface area (Å²) >= 11 is 0. The van der Waals surface area contributed by atoms with Crippen LogP contribution in [0.4, 0.5) is 10.1 Å². The molecule has 2 heterocycles. The van der Waals surface area contributed by atoms with Crippen molar-refractivity contribution in [2.45, 2.75) is 12.5 Å². The van der Waals surface area contributed by atoms with Crippen molar-refractivity contribution in [3.05, 3.63) is 54.0 Å². The van der Waals surface area contributed by atoms with Gasteiger partial charge in [0.05, 0.1) is 31.5 Å². The molecule has 8 heteroatoms. The maximum absolute atomic E-state index is 14.2. The van der Waals surface area contributed by atoms with Crippen LogP contribution in [0.5, 0.6) is 11.5 Å². The van der Waals surface area contributed by atoms with E-state index in [1.54, 1.807) is 37.3 Å². The third-order valence-corrected chi connectivity index (χ3v) is 5.13. The van der Waals surface area contributed by atoms with Gasteiger partial charge in [-0.05, 0) is 42.3 Å². The zero-order valence-corrected chi connectivity index (χ0v) is 16.1. The predicted molar refractivity (Wildman–Crippen MR) is 109 cm³/mol. The molecule has 0 radical (unpaired) electrons. The van der Waals surface area contributed by atoms with Crippen molar-refractivity contribution in [2.75, 3.05) is 25.7 Å². The standard InChI is InChI=1S/C21H21FN4O3/c1-28-18-6-3-12(9-19(18)29-2)14-10-13(22)4-5-16(14)26-17-7-8-24-20(27)15(17)11-25-21(26)23/h3-6,9-11,17H,7-8H2,1-2H3,(H2,23,25)(H,24,27)/t17-/m1/s1. The van der Waals surface area contributed by atoms with E-state index in [0.29, 0.717) is 41.3 Å². The Bertz CT molecular complexity index is 1030.